The molecular formula is C14H20N2O2. The van der Waals surface area contributed by atoms with Gasteiger partial charge < -0.3 is 15.8 Å². The zero-order chi connectivity index (χ0) is 13.3. The molecule has 1 aliphatic rings. The van der Waals surface area contributed by atoms with Crippen molar-refractivity contribution < 1.29 is 9.53 Å². The van der Waals surface area contributed by atoms with E-state index in [2.05, 4.69) is 5.32 Å². The van der Waals surface area contributed by atoms with Gasteiger partial charge >= 0.3 is 0 Å². The average molecular weight is 248 g/mol. The highest BCUT2D eigenvalue weighted by atomic mass is 16.5. The molecule has 2 rings (SSSR count). The Morgan fingerprint density at radius 3 is 2.61 bits per heavy atom. The number of nitrogens with two attached hydrogens (primary N) is 1. The summed E-state index contributed by atoms with van der Waals surface area (Å²) >= 11 is 0. The lowest BCUT2D eigenvalue weighted by Crippen LogP contribution is -2.31. The van der Waals surface area contributed by atoms with E-state index in [1.165, 1.54) is 0 Å². The van der Waals surface area contributed by atoms with Crippen LogP contribution in [0.2, 0.25) is 0 Å². The largest absolute Gasteiger partial charge is 0.496 e. The number of carbonyl (C=O) groups is 1. The fourth-order valence-electron chi connectivity index (χ4n) is 2.21. The first-order valence-electron chi connectivity index (χ1n) is 6.20. The molecule has 0 saturated heterocycles. The van der Waals surface area contributed by atoms with E-state index in [9.17, 15) is 4.79 Å². The van der Waals surface area contributed by atoms with Crippen LogP contribution >= 0.6 is 0 Å². The van der Waals surface area contributed by atoms with Crippen LogP contribution in [0.25, 0.3) is 0 Å². The smallest absolute Gasteiger partial charge is 0.231 e. The van der Waals surface area contributed by atoms with E-state index < -0.39 is 0 Å². The monoisotopic (exact) mass is 248 g/mol. The van der Waals surface area contributed by atoms with E-state index in [4.69, 9.17) is 10.5 Å². The van der Waals surface area contributed by atoms with Crippen molar-refractivity contribution in [2.24, 2.45) is 11.1 Å². The van der Waals surface area contributed by atoms with Crippen LogP contribution < -0.4 is 15.8 Å². The van der Waals surface area contributed by atoms with Gasteiger partial charge in [0.2, 0.25) is 5.91 Å². The molecule has 0 atom stereocenters. The summed E-state index contributed by atoms with van der Waals surface area (Å²) in [6, 6.07) is 3.86. The van der Waals surface area contributed by atoms with Gasteiger partial charge in [-0.3, -0.25) is 4.79 Å². The molecule has 0 bridgehead atoms. The SMILES string of the molecule is COc1c(C)ccc(NC(=O)C2(CN)CC2)c1C. The molecular weight excluding hydrogens is 228 g/mol. The number of hydrogen-bond acceptors (Lipinski definition) is 3. The van der Waals surface area contributed by atoms with Crippen LogP contribution in [0.15, 0.2) is 12.1 Å². The lowest BCUT2D eigenvalue weighted by molar-refractivity contribution is -0.120. The lowest BCUT2D eigenvalue weighted by atomic mass is 10.0. The van der Waals surface area contributed by atoms with Crippen molar-refractivity contribution in [3.05, 3.63) is 23.3 Å². The third-order valence-electron chi connectivity index (χ3n) is 3.78. The van der Waals surface area contributed by atoms with Crippen LogP contribution in [0.5, 0.6) is 5.75 Å². The lowest BCUT2D eigenvalue weighted by Gasteiger charge is -2.17. The molecule has 18 heavy (non-hydrogen) atoms. The number of methoxy groups -OCH3 is 1. The normalized spacial score (nSPS) is 16.2. The van der Waals surface area contributed by atoms with E-state index >= 15 is 0 Å². The molecule has 1 saturated carbocycles. The standard InChI is InChI=1S/C14H20N2O2/c1-9-4-5-11(10(2)12(9)18-3)16-13(17)14(8-15)6-7-14/h4-5H,6-8,15H2,1-3H3,(H,16,17). The van der Waals surface area contributed by atoms with Crippen molar-refractivity contribution >= 4 is 11.6 Å². The summed E-state index contributed by atoms with van der Waals surface area (Å²) in [5.41, 5.74) is 8.15. The summed E-state index contributed by atoms with van der Waals surface area (Å²) in [6.45, 7) is 4.35. The number of ether oxygens (including phenoxy) is 1. The third-order valence-corrected chi connectivity index (χ3v) is 3.78. The Kier molecular flexibility index (Phi) is 3.30. The van der Waals surface area contributed by atoms with Crippen molar-refractivity contribution in [2.75, 3.05) is 19.0 Å². The second-order valence-electron chi connectivity index (χ2n) is 5.03. The van der Waals surface area contributed by atoms with Crippen LogP contribution in [0.3, 0.4) is 0 Å². The first kappa shape index (κ1) is 12.9. The topological polar surface area (TPSA) is 64.3 Å². The molecule has 98 valence electrons. The van der Waals surface area contributed by atoms with Crippen LogP contribution in [-0.2, 0) is 4.79 Å². The Morgan fingerprint density at radius 2 is 2.11 bits per heavy atom. The Morgan fingerprint density at radius 1 is 1.44 bits per heavy atom. The molecule has 0 aromatic heterocycles. The first-order chi connectivity index (χ1) is 8.54. The van der Waals surface area contributed by atoms with E-state index in [-0.39, 0.29) is 11.3 Å². The Bertz CT molecular complexity index is 479. The molecule has 1 amide bonds. The summed E-state index contributed by atoms with van der Waals surface area (Å²) in [6.07, 6.45) is 1.77. The van der Waals surface area contributed by atoms with E-state index in [0.29, 0.717) is 6.54 Å². The molecule has 3 N–H and O–H groups in total. The number of aryl methyl sites for hydroxylation is 1. The van der Waals surface area contributed by atoms with Gasteiger partial charge in [0.1, 0.15) is 5.75 Å². The molecule has 0 heterocycles. The number of rotatable bonds is 4. The molecule has 0 radical (unpaired) electrons. The molecule has 1 aromatic rings. The number of carbonyl (C=O) groups excluding carboxylic acids is 1. The first-order valence-corrected chi connectivity index (χ1v) is 6.20. The van der Waals surface area contributed by atoms with Gasteiger partial charge in [0.05, 0.1) is 12.5 Å². The van der Waals surface area contributed by atoms with E-state index in [1.807, 2.05) is 26.0 Å². The molecule has 4 heteroatoms. The van der Waals surface area contributed by atoms with Gasteiger partial charge in [-0.1, -0.05) is 6.07 Å². The summed E-state index contributed by atoms with van der Waals surface area (Å²) < 4.78 is 5.35. The van der Waals surface area contributed by atoms with Gasteiger partial charge in [-0.05, 0) is 38.3 Å². The van der Waals surface area contributed by atoms with Crippen LogP contribution in [-0.4, -0.2) is 19.6 Å². The van der Waals surface area contributed by atoms with E-state index in [1.54, 1.807) is 7.11 Å². The van der Waals surface area contributed by atoms with Crippen molar-refractivity contribution in [3.63, 3.8) is 0 Å². The fourth-order valence-corrected chi connectivity index (χ4v) is 2.21. The predicted molar refractivity (Wildman–Crippen MR) is 71.8 cm³/mol. The molecule has 0 aliphatic heterocycles. The average Bonchev–Trinajstić information content (AvgIpc) is 3.14. The van der Waals surface area contributed by atoms with Gasteiger partial charge in [0, 0.05) is 17.8 Å². The maximum Gasteiger partial charge on any atom is 0.231 e. The minimum absolute atomic E-state index is 0.0269. The molecule has 0 unspecified atom stereocenters. The van der Waals surface area contributed by atoms with Gasteiger partial charge in [-0.15, -0.1) is 0 Å². The summed E-state index contributed by atoms with van der Waals surface area (Å²) in [5, 5.41) is 2.97. The number of anilines is 1. The fraction of sp³-hybridized carbons (Fsp3) is 0.500. The zero-order valence-electron chi connectivity index (χ0n) is 11.2. The van der Waals surface area contributed by atoms with Crippen LogP contribution in [0.4, 0.5) is 5.69 Å². The number of nitrogens with one attached hydrogen (secondary N) is 1. The van der Waals surface area contributed by atoms with Crippen LogP contribution in [0, 0.1) is 19.3 Å². The summed E-state index contributed by atoms with van der Waals surface area (Å²) in [4.78, 5) is 12.1. The van der Waals surface area contributed by atoms with Gasteiger partial charge in [-0.25, -0.2) is 0 Å². The Balaban J connectivity index is 2.22. The highest BCUT2D eigenvalue weighted by Gasteiger charge is 2.48. The third kappa shape index (κ3) is 2.08. The van der Waals surface area contributed by atoms with Crippen molar-refractivity contribution in [2.45, 2.75) is 26.7 Å². The van der Waals surface area contributed by atoms with Gasteiger partial charge in [0.25, 0.3) is 0 Å². The number of benzene rings is 1. The van der Waals surface area contributed by atoms with Crippen LogP contribution in [0.1, 0.15) is 24.0 Å². The molecule has 0 spiro atoms. The summed E-state index contributed by atoms with van der Waals surface area (Å²) in [5.74, 6) is 0.851. The predicted octanol–water partition coefficient (Wildman–Crippen LogP) is 1.99. The minimum atomic E-state index is -0.329. The highest BCUT2D eigenvalue weighted by Crippen LogP contribution is 2.45. The molecule has 1 aromatic carbocycles. The van der Waals surface area contributed by atoms with Crippen molar-refractivity contribution in [3.8, 4) is 5.75 Å². The quantitative estimate of drug-likeness (QED) is 0.856. The highest BCUT2D eigenvalue weighted by molar-refractivity contribution is 5.98. The van der Waals surface area contributed by atoms with E-state index in [0.717, 1.165) is 35.4 Å². The molecule has 1 aliphatic carbocycles. The van der Waals surface area contributed by atoms with Crippen molar-refractivity contribution in [1.82, 2.24) is 0 Å². The number of hydrogen-bond donors (Lipinski definition) is 2. The molecule has 1 fully saturated rings. The molecule has 4 nitrogen and oxygen atoms in total. The second kappa shape index (κ2) is 4.61. The van der Waals surface area contributed by atoms with Gasteiger partial charge in [-0.2, -0.15) is 0 Å². The maximum atomic E-state index is 12.1. The summed E-state index contributed by atoms with van der Waals surface area (Å²) in [7, 11) is 1.64. The Hall–Kier alpha value is -1.55. The van der Waals surface area contributed by atoms with Crippen molar-refractivity contribution in [1.29, 1.82) is 0 Å². The van der Waals surface area contributed by atoms with Gasteiger partial charge in [0.15, 0.2) is 0 Å². The number of amides is 1. The maximum absolute atomic E-state index is 12.1. The zero-order valence-corrected chi connectivity index (χ0v) is 11.2. The Labute approximate surface area is 108 Å². The second-order valence-corrected chi connectivity index (χ2v) is 5.03. The minimum Gasteiger partial charge on any atom is -0.496 e.